The maximum absolute atomic E-state index is 5.30. The molecule has 0 unspecified atom stereocenters. The van der Waals surface area contributed by atoms with Crippen molar-refractivity contribution in [3.63, 3.8) is 0 Å². The Morgan fingerprint density at radius 1 is 1.16 bits per heavy atom. The fraction of sp³-hybridized carbons (Fsp3) is 0.476. The normalized spacial score (nSPS) is 25.2. The van der Waals surface area contributed by atoms with Gasteiger partial charge >= 0.3 is 17.1 Å². The molecule has 1 saturated heterocycles. The van der Waals surface area contributed by atoms with Crippen LogP contribution in [0.2, 0.25) is 0 Å². The van der Waals surface area contributed by atoms with E-state index in [0.717, 1.165) is 13.2 Å². The predicted molar refractivity (Wildman–Crippen MR) is 100 cm³/mol. The minimum Gasteiger partial charge on any atom is -0.382 e. The monoisotopic (exact) mass is 382 g/mol. The Kier molecular flexibility index (Phi) is 11.4. The van der Waals surface area contributed by atoms with Crippen LogP contribution in [0.5, 0.6) is 0 Å². The Morgan fingerprint density at radius 3 is 2.28 bits per heavy atom. The molecule has 0 aromatic heterocycles. The summed E-state index contributed by atoms with van der Waals surface area (Å²) < 4.78 is 5.30. The molecule has 0 aromatic rings. The van der Waals surface area contributed by atoms with Crippen LogP contribution in [0.1, 0.15) is 33.6 Å². The number of hydrazone groups is 1. The van der Waals surface area contributed by atoms with Gasteiger partial charge in [0.2, 0.25) is 0 Å². The molecule has 136 valence electrons. The summed E-state index contributed by atoms with van der Waals surface area (Å²) in [4.78, 5) is 0. The van der Waals surface area contributed by atoms with Gasteiger partial charge < -0.3 is 4.74 Å². The molecule has 10 radical (unpaired) electrons. The van der Waals surface area contributed by atoms with Crippen LogP contribution in [0.4, 0.5) is 0 Å². The van der Waals surface area contributed by atoms with Crippen LogP contribution in [0.25, 0.3) is 0 Å². The second-order valence-electron chi connectivity index (χ2n) is 6.64. The zero-order chi connectivity index (χ0) is 17.4. The number of nitrogens with zero attached hydrogens (tertiary/aromatic N) is 2. The largest absolute Gasteiger partial charge is 2.00 e. The van der Waals surface area contributed by atoms with Gasteiger partial charge in [0.25, 0.3) is 0 Å². The average molecular weight is 382 g/mol. The van der Waals surface area contributed by atoms with Gasteiger partial charge in [0, 0.05) is 25.3 Å². The summed E-state index contributed by atoms with van der Waals surface area (Å²) >= 11 is 0. The van der Waals surface area contributed by atoms with E-state index in [0.29, 0.717) is 12.0 Å². The van der Waals surface area contributed by atoms with Crippen molar-refractivity contribution < 1.29 is 21.8 Å². The SMILES string of the molecule is COC[C@@H]1CCCN1/N=C(\[C]1[CH][CH][CH][C]1C)C(C)C.[CH]1[CH][CH][CH][CH]1.[Fe+2]. The van der Waals surface area contributed by atoms with Crippen LogP contribution >= 0.6 is 0 Å². The van der Waals surface area contributed by atoms with Gasteiger partial charge in [-0.15, -0.1) is 0 Å². The van der Waals surface area contributed by atoms with E-state index in [9.17, 15) is 0 Å². The van der Waals surface area contributed by atoms with Gasteiger partial charge in [0.1, 0.15) is 0 Å². The maximum atomic E-state index is 5.30. The van der Waals surface area contributed by atoms with Crippen LogP contribution in [-0.2, 0) is 21.8 Å². The maximum Gasteiger partial charge on any atom is 2.00 e. The second-order valence-corrected chi connectivity index (χ2v) is 6.64. The summed E-state index contributed by atoms with van der Waals surface area (Å²) in [7, 11) is 1.77. The molecule has 0 amide bonds. The molecule has 2 aliphatic carbocycles. The summed E-state index contributed by atoms with van der Waals surface area (Å²) in [5, 5.41) is 7.18. The average Bonchev–Trinajstić information content (AvgIpc) is 3.29. The molecular formula is C21H30FeN2O+2. The first-order valence-electron chi connectivity index (χ1n) is 8.87. The van der Waals surface area contributed by atoms with Crippen molar-refractivity contribution in [2.75, 3.05) is 20.3 Å². The molecule has 3 rings (SSSR count). The van der Waals surface area contributed by atoms with Crippen molar-refractivity contribution in [2.24, 2.45) is 11.0 Å². The number of hydrogen-bond donors (Lipinski definition) is 0. The number of ether oxygens (including phenoxy) is 1. The molecule has 0 aromatic carbocycles. The Morgan fingerprint density at radius 2 is 1.80 bits per heavy atom. The summed E-state index contributed by atoms with van der Waals surface area (Å²) in [6, 6.07) is 0.439. The van der Waals surface area contributed by atoms with Gasteiger partial charge in [-0.25, -0.2) is 0 Å². The number of rotatable bonds is 5. The van der Waals surface area contributed by atoms with Crippen molar-refractivity contribution in [3.05, 3.63) is 63.2 Å². The minimum atomic E-state index is 0. The molecule has 0 N–H and O–H groups in total. The van der Waals surface area contributed by atoms with Gasteiger partial charge in [0.05, 0.1) is 12.6 Å². The molecular weight excluding hydrogens is 352 g/mol. The molecule has 3 fully saturated rings. The zero-order valence-corrected chi connectivity index (χ0v) is 16.9. The third kappa shape index (κ3) is 7.23. The second kappa shape index (κ2) is 12.4. The van der Waals surface area contributed by atoms with E-state index in [-0.39, 0.29) is 17.1 Å². The van der Waals surface area contributed by atoms with Crippen LogP contribution in [0.15, 0.2) is 5.10 Å². The predicted octanol–water partition coefficient (Wildman–Crippen LogP) is 3.92. The first-order valence-corrected chi connectivity index (χ1v) is 8.87. The number of methoxy groups -OCH3 is 1. The van der Waals surface area contributed by atoms with Crippen LogP contribution < -0.4 is 0 Å². The van der Waals surface area contributed by atoms with Gasteiger partial charge in [0.15, 0.2) is 0 Å². The zero-order valence-electron chi connectivity index (χ0n) is 15.8. The Labute approximate surface area is 166 Å². The van der Waals surface area contributed by atoms with Crippen LogP contribution in [0, 0.1) is 69.1 Å². The van der Waals surface area contributed by atoms with Crippen molar-refractivity contribution in [1.29, 1.82) is 0 Å². The number of hydrogen-bond acceptors (Lipinski definition) is 3. The minimum absolute atomic E-state index is 0. The summed E-state index contributed by atoms with van der Waals surface area (Å²) in [6.07, 6.45) is 18.8. The van der Waals surface area contributed by atoms with Gasteiger partial charge in [-0.1, -0.05) is 20.8 Å². The quantitative estimate of drug-likeness (QED) is 0.532. The first-order chi connectivity index (χ1) is 11.6. The first kappa shape index (κ1) is 23.0. The standard InChI is InChI=1S/C16H25N2O.C5H5.Fe/c1-12(2)16(15-9-5-7-13(15)3)17-18-10-6-8-14(18)11-19-4;1-2-4-5-3-1;/h5,7,9,12,14H,6,8,10-11H2,1-4H3;1-5H;/q;;+2/b17-16-;;/t14-;;/m0../s1. The van der Waals surface area contributed by atoms with E-state index in [2.05, 4.69) is 45.0 Å². The van der Waals surface area contributed by atoms with E-state index in [1.165, 1.54) is 30.4 Å². The Balaban J connectivity index is 0.000000448. The Bertz CT molecular complexity index is 374. The van der Waals surface area contributed by atoms with Gasteiger partial charge in [-0.3, -0.25) is 5.01 Å². The molecule has 1 aliphatic heterocycles. The van der Waals surface area contributed by atoms with E-state index < -0.39 is 0 Å². The van der Waals surface area contributed by atoms with E-state index >= 15 is 0 Å². The molecule has 1 heterocycles. The molecule has 1 atom stereocenters. The molecule has 2 saturated carbocycles. The van der Waals surface area contributed by atoms with E-state index in [4.69, 9.17) is 9.84 Å². The van der Waals surface area contributed by atoms with Crippen LogP contribution in [0.3, 0.4) is 0 Å². The van der Waals surface area contributed by atoms with Gasteiger partial charge in [-0.2, -0.15) is 5.10 Å². The van der Waals surface area contributed by atoms with Crippen LogP contribution in [-0.4, -0.2) is 37.0 Å². The molecule has 0 spiro atoms. The third-order valence-corrected chi connectivity index (χ3v) is 4.35. The molecule has 25 heavy (non-hydrogen) atoms. The Hall–Kier alpha value is -0.0505. The van der Waals surface area contributed by atoms with E-state index in [1.807, 2.05) is 32.1 Å². The fourth-order valence-corrected chi connectivity index (χ4v) is 3.05. The van der Waals surface area contributed by atoms with E-state index in [1.54, 1.807) is 7.11 Å². The summed E-state index contributed by atoms with van der Waals surface area (Å²) in [5.74, 6) is 3.04. The third-order valence-electron chi connectivity index (χ3n) is 4.35. The topological polar surface area (TPSA) is 24.8 Å². The molecule has 0 bridgehead atoms. The summed E-state index contributed by atoms with van der Waals surface area (Å²) in [5.41, 5.74) is 1.20. The fourth-order valence-electron chi connectivity index (χ4n) is 3.05. The molecule has 3 aliphatic rings. The summed E-state index contributed by atoms with van der Waals surface area (Å²) in [6.45, 7) is 8.40. The molecule has 4 heteroatoms. The smallest absolute Gasteiger partial charge is 0.382 e. The molecule has 3 nitrogen and oxygen atoms in total. The van der Waals surface area contributed by atoms with Gasteiger partial charge in [-0.05, 0) is 76.0 Å². The van der Waals surface area contributed by atoms with Crippen molar-refractivity contribution in [1.82, 2.24) is 5.01 Å². The van der Waals surface area contributed by atoms with Crippen molar-refractivity contribution >= 4 is 5.71 Å². The van der Waals surface area contributed by atoms with Crippen molar-refractivity contribution in [2.45, 2.75) is 39.7 Å². The van der Waals surface area contributed by atoms with Crippen molar-refractivity contribution in [3.8, 4) is 0 Å².